The topological polar surface area (TPSA) is 93.5 Å². The molecule has 0 radical (unpaired) electrons. The molecule has 0 atom stereocenters. The first-order valence-corrected chi connectivity index (χ1v) is 4.61. The van der Waals surface area contributed by atoms with Crippen LogP contribution in [0.4, 0.5) is 0 Å². The summed E-state index contributed by atoms with van der Waals surface area (Å²) in [4.78, 5) is 25.8. The zero-order chi connectivity index (χ0) is 10.4. The Kier molecular flexibility index (Phi) is 4.34. The van der Waals surface area contributed by atoms with Crippen LogP contribution in [0.5, 0.6) is 0 Å². The van der Waals surface area contributed by atoms with Crippen LogP contribution in [0.3, 0.4) is 0 Å². The van der Waals surface area contributed by atoms with Gasteiger partial charge in [-0.15, -0.1) is 0 Å². The van der Waals surface area contributed by atoms with Crippen LogP contribution in [0.15, 0.2) is 0 Å². The Balaban J connectivity index is 1.89. The Morgan fingerprint density at radius 3 is 2.71 bits per heavy atom. The van der Waals surface area contributed by atoms with E-state index in [2.05, 4.69) is 15.6 Å². The van der Waals surface area contributed by atoms with Crippen molar-refractivity contribution in [2.24, 2.45) is 5.73 Å². The van der Waals surface area contributed by atoms with Gasteiger partial charge in [0, 0.05) is 19.0 Å². The van der Waals surface area contributed by atoms with E-state index in [-0.39, 0.29) is 12.5 Å². The number of hydroxylamine groups is 1. The molecule has 1 aliphatic rings. The number of hydrogen-bond acceptors (Lipinski definition) is 4. The van der Waals surface area contributed by atoms with Crippen LogP contribution in [0, 0.1) is 0 Å². The number of carbonyl (C=O) groups is 2. The Morgan fingerprint density at radius 1 is 1.43 bits per heavy atom. The van der Waals surface area contributed by atoms with Gasteiger partial charge in [0.25, 0.3) is 0 Å². The summed E-state index contributed by atoms with van der Waals surface area (Å²) in [6.07, 6.45) is 2.73. The van der Waals surface area contributed by atoms with Gasteiger partial charge in [0.05, 0.1) is 0 Å². The van der Waals surface area contributed by atoms with Gasteiger partial charge in [0.15, 0.2) is 6.61 Å². The summed E-state index contributed by atoms with van der Waals surface area (Å²) in [6, 6.07) is 0.592. The lowest BCUT2D eigenvalue weighted by Gasteiger charge is -2.04. The highest BCUT2D eigenvalue weighted by atomic mass is 16.7. The summed E-state index contributed by atoms with van der Waals surface area (Å²) in [5, 5.41) is 3.18. The quantitative estimate of drug-likeness (QED) is 0.444. The zero-order valence-corrected chi connectivity index (χ0v) is 7.91. The summed E-state index contributed by atoms with van der Waals surface area (Å²) in [5.41, 5.74) is 6.93. The van der Waals surface area contributed by atoms with Gasteiger partial charge in [-0.2, -0.15) is 0 Å². The van der Waals surface area contributed by atoms with E-state index >= 15 is 0 Å². The van der Waals surface area contributed by atoms with E-state index in [9.17, 15) is 9.59 Å². The van der Waals surface area contributed by atoms with Crippen molar-refractivity contribution < 1.29 is 14.4 Å². The highest BCUT2D eigenvalue weighted by Crippen LogP contribution is 2.18. The number of hydrogen-bond donors (Lipinski definition) is 3. The standard InChI is InChI=1S/C8H15N3O3/c9-7(12)5-14-11-8(13)3-4-10-6-1-2-6/h6,10H,1-5H2,(H2,9,12)(H,11,13). The molecule has 2 amide bonds. The third kappa shape index (κ3) is 5.50. The molecule has 6 nitrogen and oxygen atoms in total. The molecule has 0 aromatic heterocycles. The lowest BCUT2D eigenvalue weighted by atomic mass is 10.4. The summed E-state index contributed by atoms with van der Waals surface area (Å²) in [6.45, 7) is 0.345. The van der Waals surface area contributed by atoms with E-state index in [1.807, 2.05) is 0 Å². The van der Waals surface area contributed by atoms with Crippen LogP contribution in [-0.4, -0.2) is 31.0 Å². The Labute approximate surface area is 82.1 Å². The molecule has 0 aromatic carbocycles. The number of nitrogens with one attached hydrogen (secondary N) is 2. The molecule has 0 bridgehead atoms. The molecule has 0 aromatic rings. The Bertz CT molecular complexity index is 216. The fourth-order valence-corrected chi connectivity index (χ4v) is 0.916. The third-order valence-electron chi connectivity index (χ3n) is 1.76. The number of rotatable bonds is 7. The van der Waals surface area contributed by atoms with Crippen LogP contribution in [0.25, 0.3) is 0 Å². The summed E-state index contributed by atoms with van der Waals surface area (Å²) in [5.74, 6) is -0.860. The largest absolute Gasteiger partial charge is 0.368 e. The first-order chi connectivity index (χ1) is 6.68. The summed E-state index contributed by atoms with van der Waals surface area (Å²) >= 11 is 0. The number of nitrogens with two attached hydrogens (primary N) is 1. The lowest BCUT2D eigenvalue weighted by molar-refractivity contribution is -0.137. The van der Waals surface area contributed by atoms with E-state index in [1.54, 1.807) is 0 Å². The monoisotopic (exact) mass is 201 g/mol. The zero-order valence-electron chi connectivity index (χ0n) is 7.91. The highest BCUT2D eigenvalue weighted by molar-refractivity contribution is 5.77. The van der Waals surface area contributed by atoms with Crippen molar-refractivity contribution in [3.8, 4) is 0 Å². The Morgan fingerprint density at radius 2 is 2.14 bits per heavy atom. The normalized spacial score (nSPS) is 15.1. The molecule has 1 rings (SSSR count). The van der Waals surface area contributed by atoms with Crippen molar-refractivity contribution in [2.75, 3.05) is 13.2 Å². The van der Waals surface area contributed by atoms with Gasteiger partial charge < -0.3 is 11.1 Å². The van der Waals surface area contributed by atoms with Gasteiger partial charge in [-0.3, -0.25) is 14.4 Å². The molecule has 1 aliphatic carbocycles. The van der Waals surface area contributed by atoms with E-state index in [0.29, 0.717) is 19.0 Å². The smallest absolute Gasteiger partial charge is 0.246 e. The molecule has 0 unspecified atom stereocenters. The maximum atomic E-state index is 11.0. The first-order valence-electron chi connectivity index (χ1n) is 4.61. The highest BCUT2D eigenvalue weighted by Gasteiger charge is 2.19. The van der Waals surface area contributed by atoms with Crippen LogP contribution >= 0.6 is 0 Å². The second kappa shape index (κ2) is 5.56. The molecule has 4 N–H and O–H groups in total. The fourth-order valence-electron chi connectivity index (χ4n) is 0.916. The predicted octanol–water partition coefficient (Wildman–Crippen LogP) is -1.34. The molecular weight excluding hydrogens is 186 g/mol. The second-order valence-corrected chi connectivity index (χ2v) is 3.26. The average molecular weight is 201 g/mol. The fraction of sp³-hybridized carbons (Fsp3) is 0.750. The SMILES string of the molecule is NC(=O)CONC(=O)CCNC1CC1. The van der Waals surface area contributed by atoms with Crippen molar-refractivity contribution in [2.45, 2.75) is 25.3 Å². The van der Waals surface area contributed by atoms with Gasteiger partial charge in [-0.1, -0.05) is 0 Å². The summed E-state index contributed by atoms with van der Waals surface area (Å²) < 4.78 is 0. The molecule has 1 saturated carbocycles. The van der Waals surface area contributed by atoms with Crippen molar-refractivity contribution in [3.63, 3.8) is 0 Å². The summed E-state index contributed by atoms with van der Waals surface area (Å²) in [7, 11) is 0. The van der Waals surface area contributed by atoms with Gasteiger partial charge >= 0.3 is 0 Å². The molecular formula is C8H15N3O3. The van der Waals surface area contributed by atoms with Crippen LogP contribution in [-0.2, 0) is 14.4 Å². The number of primary amides is 1. The van der Waals surface area contributed by atoms with Crippen LogP contribution in [0.2, 0.25) is 0 Å². The van der Waals surface area contributed by atoms with E-state index in [1.165, 1.54) is 12.8 Å². The molecule has 80 valence electrons. The molecule has 0 heterocycles. The minimum absolute atomic E-state index is 0.251. The predicted molar refractivity (Wildman–Crippen MR) is 48.9 cm³/mol. The molecule has 6 heteroatoms. The Hall–Kier alpha value is -1.14. The van der Waals surface area contributed by atoms with Gasteiger partial charge in [0.2, 0.25) is 11.8 Å². The first kappa shape index (κ1) is 10.9. The maximum absolute atomic E-state index is 11.0. The van der Waals surface area contributed by atoms with Crippen molar-refractivity contribution in [1.82, 2.24) is 10.8 Å². The van der Waals surface area contributed by atoms with Crippen LogP contribution in [0.1, 0.15) is 19.3 Å². The van der Waals surface area contributed by atoms with Gasteiger partial charge in [0.1, 0.15) is 0 Å². The third-order valence-corrected chi connectivity index (χ3v) is 1.76. The van der Waals surface area contributed by atoms with E-state index < -0.39 is 5.91 Å². The van der Waals surface area contributed by atoms with Gasteiger partial charge in [-0.25, -0.2) is 5.48 Å². The van der Waals surface area contributed by atoms with E-state index in [0.717, 1.165) is 0 Å². The van der Waals surface area contributed by atoms with Gasteiger partial charge in [-0.05, 0) is 12.8 Å². The molecule has 1 fully saturated rings. The lowest BCUT2D eigenvalue weighted by Crippen LogP contribution is -2.31. The maximum Gasteiger partial charge on any atom is 0.246 e. The number of carbonyl (C=O) groups excluding carboxylic acids is 2. The van der Waals surface area contributed by atoms with E-state index in [4.69, 9.17) is 5.73 Å². The molecule has 14 heavy (non-hydrogen) atoms. The average Bonchev–Trinajstić information content (AvgIpc) is 2.87. The van der Waals surface area contributed by atoms with Crippen molar-refractivity contribution in [3.05, 3.63) is 0 Å². The number of amides is 2. The molecule has 0 saturated heterocycles. The molecule has 0 aliphatic heterocycles. The molecule has 0 spiro atoms. The minimum atomic E-state index is -0.610. The van der Waals surface area contributed by atoms with Crippen LogP contribution < -0.4 is 16.5 Å². The van der Waals surface area contributed by atoms with Crippen molar-refractivity contribution >= 4 is 11.8 Å². The second-order valence-electron chi connectivity index (χ2n) is 3.26. The van der Waals surface area contributed by atoms with Crippen molar-refractivity contribution in [1.29, 1.82) is 0 Å². The minimum Gasteiger partial charge on any atom is -0.368 e.